The van der Waals surface area contributed by atoms with Crippen LogP contribution in [0.2, 0.25) is 0 Å². The molecule has 1 amide bonds. The topological polar surface area (TPSA) is 41.1 Å². The van der Waals surface area contributed by atoms with Gasteiger partial charge in [0.2, 0.25) is 5.91 Å². The lowest BCUT2D eigenvalue weighted by atomic mass is 10.2. The molecule has 0 spiro atoms. The minimum absolute atomic E-state index is 0.138. The largest absolute Gasteiger partial charge is 0.376 e. The fourth-order valence-electron chi connectivity index (χ4n) is 1.81. The first-order valence-corrected chi connectivity index (χ1v) is 6.41. The number of hydrogen-bond donors (Lipinski definition) is 2. The molecule has 0 atom stereocenters. The van der Waals surface area contributed by atoms with E-state index < -0.39 is 0 Å². The van der Waals surface area contributed by atoms with Gasteiger partial charge >= 0.3 is 0 Å². The molecule has 0 saturated carbocycles. The van der Waals surface area contributed by atoms with Crippen LogP contribution >= 0.6 is 0 Å². The number of carbonyl (C=O) groups excluding carboxylic acids is 1. The van der Waals surface area contributed by atoms with Crippen LogP contribution in [-0.4, -0.2) is 12.5 Å². The molecule has 2 rings (SSSR count). The van der Waals surface area contributed by atoms with Crippen molar-refractivity contribution in [2.24, 2.45) is 0 Å². The molecule has 0 bridgehead atoms. The highest BCUT2D eigenvalue weighted by atomic mass is 19.1. The van der Waals surface area contributed by atoms with E-state index >= 15 is 0 Å². The molecule has 0 aliphatic heterocycles. The van der Waals surface area contributed by atoms with E-state index in [2.05, 4.69) is 10.6 Å². The Bertz CT molecular complexity index is 626. The Labute approximate surface area is 117 Å². The molecule has 0 aliphatic carbocycles. The average molecular weight is 272 g/mol. The molecule has 2 N–H and O–H groups in total. The number of hydrogen-bond acceptors (Lipinski definition) is 2. The zero-order valence-electron chi connectivity index (χ0n) is 11.5. The summed E-state index contributed by atoms with van der Waals surface area (Å²) in [6.07, 6.45) is 0. The summed E-state index contributed by atoms with van der Waals surface area (Å²) in [5.74, 6) is -0.538. The molecule has 0 aliphatic rings. The number of halogens is 1. The van der Waals surface area contributed by atoms with Crippen molar-refractivity contribution in [3.05, 3.63) is 59.4 Å². The zero-order chi connectivity index (χ0) is 14.5. The molecule has 3 nitrogen and oxygen atoms in total. The van der Waals surface area contributed by atoms with Crippen molar-refractivity contribution >= 4 is 17.3 Å². The summed E-state index contributed by atoms with van der Waals surface area (Å²) in [7, 11) is 0. The highest BCUT2D eigenvalue weighted by molar-refractivity contribution is 5.93. The summed E-state index contributed by atoms with van der Waals surface area (Å²) in [6.45, 7) is 3.81. The fraction of sp³-hybridized carbons (Fsp3) is 0.188. The smallest absolute Gasteiger partial charge is 0.243 e. The molecule has 0 unspecified atom stereocenters. The van der Waals surface area contributed by atoms with E-state index in [-0.39, 0.29) is 18.3 Å². The van der Waals surface area contributed by atoms with Gasteiger partial charge in [0, 0.05) is 11.4 Å². The standard InChI is InChI=1S/C16H17FN2O/c1-11-4-3-5-13(8-11)18-10-16(20)19-14-7-6-12(2)15(17)9-14/h3-9,18H,10H2,1-2H3,(H,19,20). The second-order valence-electron chi connectivity index (χ2n) is 4.74. The molecule has 0 radical (unpaired) electrons. The van der Waals surface area contributed by atoms with Crippen LogP contribution in [0.15, 0.2) is 42.5 Å². The van der Waals surface area contributed by atoms with Gasteiger partial charge < -0.3 is 10.6 Å². The molecular formula is C16H17FN2O. The first kappa shape index (κ1) is 14.1. The van der Waals surface area contributed by atoms with Crippen molar-refractivity contribution in [2.75, 3.05) is 17.2 Å². The second kappa shape index (κ2) is 6.19. The normalized spacial score (nSPS) is 10.2. The van der Waals surface area contributed by atoms with Crippen LogP contribution in [0.5, 0.6) is 0 Å². The summed E-state index contributed by atoms with van der Waals surface area (Å²) in [5.41, 5.74) is 3.02. The lowest BCUT2D eigenvalue weighted by Gasteiger charge is -2.09. The van der Waals surface area contributed by atoms with Crippen molar-refractivity contribution in [2.45, 2.75) is 13.8 Å². The van der Waals surface area contributed by atoms with Gasteiger partial charge in [-0.1, -0.05) is 18.2 Å². The second-order valence-corrected chi connectivity index (χ2v) is 4.74. The summed E-state index contributed by atoms with van der Waals surface area (Å²) in [5, 5.41) is 5.68. The van der Waals surface area contributed by atoms with Crippen LogP contribution in [0.1, 0.15) is 11.1 Å². The van der Waals surface area contributed by atoms with Gasteiger partial charge in [-0.05, 0) is 49.2 Å². The molecule has 0 fully saturated rings. The minimum Gasteiger partial charge on any atom is -0.376 e. The third-order valence-corrected chi connectivity index (χ3v) is 2.93. The van der Waals surface area contributed by atoms with Crippen molar-refractivity contribution < 1.29 is 9.18 Å². The van der Waals surface area contributed by atoms with Crippen molar-refractivity contribution in [3.8, 4) is 0 Å². The van der Waals surface area contributed by atoms with Crippen molar-refractivity contribution in [3.63, 3.8) is 0 Å². The summed E-state index contributed by atoms with van der Waals surface area (Å²) >= 11 is 0. The van der Waals surface area contributed by atoms with Crippen LogP contribution in [-0.2, 0) is 4.79 Å². The third-order valence-electron chi connectivity index (χ3n) is 2.93. The molecule has 0 heterocycles. The fourth-order valence-corrected chi connectivity index (χ4v) is 1.81. The van der Waals surface area contributed by atoms with Crippen molar-refractivity contribution in [1.82, 2.24) is 0 Å². The van der Waals surface area contributed by atoms with Gasteiger partial charge in [-0.2, -0.15) is 0 Å². The third kappa shape index (κ3) is 3.82. The van der Waals surface area contributed by atoms with Crippen LogP contribution in [0, 0.1) is 19.7 Å². The SMILES string of the molecule is Cc1cccc(NCC(=O)Nc2ccc(C)c(F)c2)c1. The lowest BCUT2D eigenvalue weighted by molar-refractivity contribution is -0.114. The number of aryl methyl sites for hydroxylation is 2. The number of anilines is 2. The highest BCUT2D eigenvalue weighted by Crippen LogP contribution is 2.13. The Morgan fingerprint density at radius 3 is 2.60 bits per heavy atom. The first-order valence-electron chi connectivity index (χ1n) is 6.41. The van der Waals surface area contributed by atoms with E-state index in [0.717, 1.165) is 11.3 Å². The number of carbonyl (C=O) groups is 1. The van der Waals surface area contributed by atoms with E-state index in [1.165, 1.54) is 6.07 Å². The molecular weight excluding hydrogens is 255 g/mol. The maximum atomic E-state index is 13.4. The molecule has 0 aromatic heterocycles. The maximum Gasteiger partial charge on any atom is 0.243 e. The molecule has 20 heavy (non-hydrogen) atoms. The Morgan fingerprint density at radius 1 is 1.10 bits per heavy atom. The van der Waals surface area contributed by atoms with Gasteiger partial charge in [0.05, 0.1) is 6.54 Å². The van der Waals surface area contributed by atoms with E-state index in [1.54, 1.807) is 19.1 Å². The molecule has 0 saturated heterocycles. The minimum atomic E-state index is -0.325. The quantitative estimate of drug-likeness (QED) is 0.894. The predicted molar refractivity (Wildman–Crippen MR) is 79.4 cm³/mol. The average Bonchev–Trinajstić information content (AvgIpc) is 2.41. The van der Waals surface area contributed by atoms with E-state index in [9.17, 15) is 9.18 Å². The van der Waals surface area contributed by atoms with Gasteiger partial charge in [0.25, 0.3) is 0 Å². The maximum absolute atomic E-state index is 13.4. The van der Waals surface area contributed by atoms with Gasteiger partial charge in [-0.15, -0.1) is 0 Å². The molecule has 4 heteroatoms. The van der Waals surface area contributed by atoms with Crippen LogP contribution < -0.4 is 10.6 Å². The predicted octanol–water partition coefficient (Wildman–Crippen LogP) is 3.49. The monoisotopic (exact) mass is 272 g/mol. The Hall–Kier alpha value is -2.36. The van der Waals surface area contributed by atoms with Crippen molar-refractivity contribution in [1.29, 1.82) is 0 Å². The summed E-state index contributed by atoms with van der Waals surface area (Å²) in [6, 6.07) is 12.4. The van der Waals surface area contributed by atoms with Gasteiger partial charge in [0.1, 0.15) is 5.82 Å². The van der Waals surface area contributed by atoms with E-state index in [4.69, 9.17) is 0 Å². The van der Waals surface area contributed by atoms with Gasteiger partial charge in [-0.25, -0.2) is 4.39 Å². The number of benzene rings is 2. The molecule has 2 aromatic carbocycles. The van der Waals surface area contributed by atoms with Crippen LogP contribution in [0.25, 0.3) is 0 Å². The summed E-state index contributed by atoms with van der Waals surface area (Å²) < 4.78 is 13.4. The van der Waals surface area contributed by atoms with Crippen LogP contribution in [0.3, 0.4) is 0 Å². The van der Waals surface area contributed by atoms with Crippen LogP contribution in [0.4, 0.5) is 15.8 Å². The Kier molecular flexibility index (Phi) is 4.35. The number of rotatable bonds is 4. The highest BCUT2D eigenvalue weighted by Gasteiger charge is 2.04. The van der Waals surface area contributed by atoms with E-state index in [1.807, 2.05) is 31.2 Å². The summed E-state index contributed by atoms with van der Waals surface area (Å²) in [4.78, 5) is 11.8. The first-order chi connectivity index (χ1) is 9.54. The number of amides is 1. The van der Waals surface area contributed by atoms with Gasteiger partial charge in [-0.3, -0.25) is 4.79 Å². The lowest BCUT2D eigenvalue weighted by Crippen LogP contribution is -2.21. The number of nitrogens with one attached hydrogen (secondary N) is 2. The zero-order valence-corrected chi connectivity index (χ0v) is 11.5. The molecule has 2 aromatic rings. The molecule has 104 valence electrons. The van der Waals surface area contributed by atoms with E-state index in [0.29, 0.717) is 11.3 Å². The Balaban J connectivity index is 1.91. The Morgan fingerprint density at radius 2 is 1.90 bits per heavy atom. The van der Waals surface area contributed by atoms with Gasteiger partial charge in [0.15, 0.2) is 0 Å².